The van der Waals surface area contributed by atoms with Crippen LogP contribution in [0.15, 0.2) is 12.1 Å². The molecular weight excluding hydrogens is 699 g/mol. The van der Waals surface area contributed by atoms with E-state index in [2.05, 4.69) is 67.8 Å². The molecule has 1 fully saturated rings. The first-order valence-electron chi connectivity index (χ1n) is 9.52. The number of likely N-dealkylation sites (tertiary alicyclic amines) is 1. The summed E-state index contributed by atoms with van der Waals surface area (Å²) in [4.78, 5) is 25.6. The maximum Gasteiger partial charge on any atom is 0.514 e. The number of quaternary nitrogens is 1. The topological polar surface area (TPSA) is 57.0 Å². The summed E-state index contributed by atoms with van der Waals surface area (Å²) < 4.78 is 14.2. The minimum absolute atomic E-state index is 0.139. The van der Waals surface area contributed by atoms with Gasteiger partial charge in [-0.2, -0.15) is 4.79 Å². The Balaban J connectivity index is 1.76. The van der Waals surface area contributed by atoms with E-state index in [1.807, 2.05) is 32.9 Å². The molecule has 8 heteroatoms. The van der Waals surface area contributed by atoms with Crippen LogP contribution in [0.2, 0.25) is 0 Å². The van der Waals surface area contributed by atoms with Crippen molar-refractivity contribution >= 4 is 79.8 Å². The van der Waals surface area contributed by atoms with Gasteiger partial charge in [-0.05, 0) is 113 Å². The molecule has 1 N–H and O–H groups in total. The van der Waals surface area contributed by atoms with Crippen LogP contribution in [0.1, 0.15) is 56.8 Å². The van der Waals surface area contributed by atoms with Gasteiger partial charge in [0.25, 0.3) is 0 Å². The van der Waals surface area contributed by atoms with E-state index in [0.717, 1.165) is 54.4 Å². The number of nitrogens with one attached hydrogen (secondary N) is 1. The largest absolute Gasteiger partial charge is 0.514 e. The number of carbonyl (C=O) groups excluding carboxylic acids is 2. The lowest BCUT2D eigenvalue weighted by Crippen LogP contribution is -3.15. The molecule has 1 amide bonds. The van der Waals surface area contributed by atoms with Crippen molar-refractivity contribution in [1.82, 2.24) is 0 Å². The molecule has 1 aromatic carbocycles. The van der Waals surface area contributed by atoms with Gasteiger partial charge < -0.3 is 9.47 Å². The standard InChI is InChI=1S/C20H26I3NO4/c1-4-20(2,3)28-19(26)24-8-5-13(6-9-24)7-10-27-18(25)15-11-14(21)12-16(22)17(15)23/h11-13H,4-10H2,1-3H3/p+1. The van der Waals surface area contributed by atoms with E-state index in [1.165, 1.54) is 0 Å². The zero-order valence-electron chi connectivity index (χ0n) is 16.4. The van der Waals surface area contributed by atoms with Crippen LogP contribution in [0.25, 0.3) is 0 Å². The molecule has 1 aromatic rings. The summed E-state index contributed by atoms with van der Waals surface area (Å²) in [5.41, 5.74) is 0.233. The van der Waals surface area contributed by atoms with Crippen molar-refractivity contribution in [2.45, 2.75) is 52.1 Å². The summed E-state index contributed by atoms with van der Waals surface area (Å²) in [6, 6.07) is 3.92. The average Bonchev–Trinajstić information content (AvgIpc) is 2.64. The molecule has 28 heavy (non-hydrogen) atoms. The van der Waals surface area contributed by atoms with Gasteiger partial charge >= 0.3 is 12.1 Å². The minimum atomic E-state index is -0.403. The fourth-order valence-electron chi connectivity index (χ4n) is 3.01. The van der Waals surface area contributed by atoms with E-state index in [-0.39, 0.29) is 12.1 Å². The first kappa shape index (κ1) is 24.6. The Morgan fingerprint density at radius 1 is 1.18 bits per heavy atom. The maximum absolute atomic E-state index is 12.4. The van der Waals surface area contributed by atoms with Crippen molar-refractivity contribution in [2.24, 2.45) is 5.92 Å². The summed E-state index contributed by atoms with van der Waals surface area (Å²) in [5, 5.41) is 0. The molecule has 156 valence electrons. The van der Waals surface area contributed by atoms with Crippen molar-refractivity contribution < 1.29 is 24.0 Å². The van der Waals surface area contributed by atoms with E-state index in [4.69, 9.17) is 9.47 Å². The molecule has 5 nitrogen and oxygen atoms in total. The Kier molecular flexibility index (Phi) is 9.72. The third-order valence-electron chi connectivity index (χ3n) is 5.19. The van der Waals surface area contributed by atoms with Crippen LogP contribution in [0, 0.1) is 16.6 Å². The smallest absolute Gasteiger partial charge is 0.462 e. The van der Waals surface area contributed by atoms with Gasteiger partial charge in [0.15, 0.2) is 0 Å². The molecule has 0 atom stereocenters. The molecule has 0 saturated carbocycles. The van der Waals surface area contributed by atoms with Crippen LogP contribution in [-0.4, -0.2) is 37.4 Å². The Morgan fingerprint density at radius 2 is 1.82 bits per heavy atom. The van der Waals surface area contributed by atoms with Crippen molar-refractivity contribution in [2.75, 3.05) is 19.7 Å². The van der Waals surface area contributed by atoms with E-state index >= 15 is 0 Å². The van der Waals surface area contributed by atoms with Gasteiger partial charge in [-0.25, -0.2) is 9.69 Å². The normalized spacial score (nSPS) is 19.9. The second kappa shape index (κ2) is 11.1. The van der Waals surface area contributed by atoms with Crippen LogP contribution in [0.4, 0.5) is 4.79 Å². The number of benzene rings is 1. The Hall–Kier alpha value is 0.310. The second-order valence-electron chi connectivity index (χ2n) is 7.72. The van der Waals surface area contributed by atoms with Gasteiger partial charge in [-0.1, -0.05) is 6.92 Å². The van der Waals surface area contributed by atoms with Crippen molar-refractivity contribution in [3.8, 4) is 0 Å². The van der Waals surface area contributed by atoms with E-state index in [1.54, 1.807) is 0 Å². The number of carbonyl (C=O) groups is 2. The predicted octanol–water partition coefficient (Wildman–Crippen LogP) is 4.67. The van der Waals surface area contributed by atoms with Crippen LogP contribution in [0.3, 0.4) is 0 Å². The monoisotopic (exact) mass is 726 g/mol. The number of rotatable bonds is 6. The number of halogens is 3. The Morgan fingerprint density at radius 3 is 2.43 bits per heavy atom. The molecule has 1 heterocycles. The number of hydrogen-bond donors (Lipinski definition) is 1. The van der Waals surface area contributed by atoms with Crippen LogP contribution >= 0.6 is 67.8 Å². The van der Waals surface area contributed by atoms with E-state index < -0.39 is 5.60 Å². The molecule has 0 spiro atoms. The summed E-state index contributed by atoms with van der Waals surface area (Å²) >= 11 is 6.65. The zero-order valence-corrected chi connectivity index (χ0v) is 22.9. The van der Waals surface area contributed by atoms with E-state index in [9.17, 15) is 9.59 Å². The lowest BCUT2D eigenvalue weighted by Gasteiger charge is -2.30. The third-order valence-corrected chi connectivity index (χ3v) is 8.86. The molecule has 0 aromatic heterocycles. The summed E-state index contributed by atoms with van der Waals surface area (Å²) in [7, 11) is 0. The highest BCUT2D eigenvalue weighted by Crippen LogP contribution is 2.24. The summed E-state index contributed by atoms with van der Waals surface area (Å²) in [6.07, 6.45) is 3.41. The molecule has 2 rings (SSSR count). The minimum Gasteiger partial charge on any atom is -0.462 e. The molecule has 1 aliphatic heterocycles. The molecule has 0 aliphatic carbocycles. The highest BCUT2D eigenvalue weighted by molar-refractivity contribution is 14.1. The van der Waals surface area contributed by atoms with Crippen LogP contribution in [-0.2, 0) is 9.47 Å². The van der Waals surface area contributed by atoms with Crippen LogP contribution < -0.4 is 4.90 Å². The fraction of sp³-hybridized carbons (Fsp3) is 0.600. The molecule has 0 bridgehead atoms. The van der Waals surface area contributed by atoms with Gasteiger partial charge in [0.2, 0.25) is 0 Å². The van der Waals surface area contributed by atoms with Gasteiger partial charge in [0, 0.05) is 23.6 Å². The molecule has 1 saturated heterocycles. The summed E-state index contributed by atoms with van der Waals surface area (Å²) in [6.45, 7) is 7.90. The van der Waals surface area contributed by atoms with Crippen molar-refractivity contribution in [3.63, 3.8) is 0 Å². The summed E-state index contributed by atoms with van der Waals surface area (Å²) in [5.74, 6) is 0.230. The maximum atomic E-state index is 12.4. The van der Waals surface area contributed by atoms with Gasteiger partial charge in [0.1, 0.15) is 5.60 Å². The quantitative estimate of drug-likeness (QED) is 0.264. The Bertz CT molecular complexity index is 716. The Labute approximate surface area is 208 Å². The molecule has 0 radical (unpaired) electrons. The third kappa shape index (κ3) is 7.22. The first-order valence-corrected chi connectivity index (χ1v) is 12.8. The molecule has 1 aliphatic rings. The fourth-order valence-corrected chi connectivity index (χ4v) is 5.39. The van der Waals surface area contributed by atoms with Crippen molar-refractivity contribution in [1.29, 1.82) is 0 Å². The zero-order chi connectivity index (χ0) is 20.9. The number of ether oxygens (including phenoxy) is 2. The number of hydrogen-bond acceptors (Lipinski definition) is 4. The van der Waals surface area contributed by atoms with Crippen molar-refractivity contribution in [3.05, 3.63) is 28.4 Å². The lowest BCUT2D eigenvalue weighted by molar-refractivity contribution is -0.832. The van der Waals surface area contributed by atoms with Gasteiger partial charge in [0.05, 0.1) is 25.3 Å². The second-order valence-corrected chi connectivity index (χ2v) is 11.2. The highest BCUT2D eigenvalue weighted by atomic mass is 127. The van der Waals surface area contributed by atoms with E-state index in [0.29, 0.717) is 18.1 Å². The van der Waals surface area contributed by atoms with Gasteiger partial charge in [-0.15, -0.1) is 0 Å². The number of esters is 1. The number of amides is 1. The SMILES string of the molecule is CCC(C)(C)OC(=O)[NH+]1CCC(CCOC(=O)c2cc(I)cc(I)c2I)CC1. The number of piperidine rings is 1. The van der Waals surface area contributed by atoms with Crippen LogP contribution in [0.5, 0.6) is 0 Å². The first-order chi connectivity index (χ1) is 13.1. The van der Waals surface area contributed by atoms with Gasteiger partial charge in [-0.3, -0.25) is 0 Å². The lowest BCUT2D eigenvalue weighted by atomic mass is 9.94. The highest BCUT2D eigenvalue weighted by Gasteiger charge is 2.32. The average molecular weight is 726 g/mol. The molecular formula is C20H27I3NO4+. The molecule has 0 unspecified atom stereocenters. The number of alkyl carbamates (subject to hydrolysis) is 2. The predicted molar refractivity (Wildman–Crippen MR) is 134 cm³/mol.